The zero-order valence-electron chi connectivity index (χ0n) is 15.8. The lowest BCUT2D eigenvalue weighted by Crippen LogP contribution is -2.53. The summed E-state index contributed by atoms with van der Waals surface area (Å²) < 4.78 is 16.5. The van der Waals surface area contributed by atoms with Gasteiger partial charge in [0, 0.05) is 19.8 Å². The molecule has 9 heteroatoms. The number of benzene rings is 1. The number of hydrogen-bond acceptors (Lipinski definition) is 6. The van der Waals surface area contributed by atoms with E-state index in [1.54, 1.807) is 30.1 Å². The van der Waals surface area contributed by atoms with Crippen molar-refractivity contribution in [3.8, 4) is 5.75 Å². The number of methoxy groups -OCH3 is 1. The Bertz CT molecular complexity index is 767. The minimum Gasteiger partial charge on any atom is -0.490 e. The molecule has 3 atom stereocenters. The molecule has 0 aliphatic carbocycles. The quantitative estimate of drug-likeness (QED) is 0.772. The summed E-state index contributed by atoms with van der Waals surface area (Å²) in [6.07, 6.45) is 0.338. The Hall–Kier alpha value is -2.65. The van der Waals surface area contributed by atoms with Gasteiger partial charge in [-0.2, -0.15) is 0 Å². The normalized spacial score (nSPS) is 24.3. The van der Waals surface area contributed by atoms with E-state index in [9.17, 15) is 14.4 Å². The van der Waals surface area contributed by atoms with Gasteiger partial charge < -0.3 is 29.5 Å². The van der Waals surface area contributed by atoms with Gasteiger partial charge in [0.2, 0.25) is 5.91 Å². The van der Waals surface area contributed by atoms with Crippen molar-refractivity contribution in [3.63, 3.8) is 0 Å². The maximum atomic E-state index is 13.0. The van der Waals surface area contributed by atoms with Crippen LogP contribution in [0.4, 0.5) is 5.69 Å². The van der Waals surface area contributed by atoms with E-state index in [4.69, 9.17) is 19.3 Å². The van der Waals surface area contributed by atoms with Crippen LogP contribution in [-0.4, -0.2) is 73.4 Å². The van der Waals surface area contributed by atoms with Crippen LogP contribution in [0.25, 0.3) is 0 Å². The summed E-state index contributed by atoms with van der Waals surface area (Å²) in [6.45, 7) is 0.126. The third-order valence-corrected chi connectivity index (χ3v) is 4.97. The summed E-state index contributed by atoms with van der Waals surface area (Å²) in [5.41, 5.74) is 0.827. The van der Waals surface area contributed by atoms with E-state index in [1.807, 2.05) is 0 Å². The molecule has 1 fully saturated rings. The Morgan fingerprint density at radius 1 is 1.36 bits per heavy atom. The Kier molecular flexibility index (Phi) is 6.15. The maximum Gasteiger partial charge on any atom is 0.305 e. The van der Waals surface area contributed by atoms with Gasteiger partial charge in [-0.15, -0.1) is 0 Å². The van der Waals surface area contributed by atoms with Crippen molar-refractivity contribution < 1.29 is 33.7 Å². The summed E-state index contributed by atoms with van der Waals surface area (Å²) in [6, 6.07) is 4.64. The lowest BCUT2D eigenvalue weighted by molar-refractivity contribution is -0.148. The zero-order chi connectivity index (χ0) is 20.3. The molecule has 0 aromatic heterocycles. The number of ether oxygens (including phenoxy) is 3. The van der Waals surface area contributed by atoms with Crippen molar-refractivity contribution >= 4 is 23.5 Å². The first-order valence-electron chi connectivity index (χ1n) is 9.09. The SMILES string of the molecule is COCC(=O)Nc1ccc2c(c1)C(=O)N(C)[C@@H]1CC[C@H](CC(=O)O)O[C@H]1CO2. The smallest absolute Gasteiger partial charge is 0.305 e. The highest BCUT2D eigenvalue weighted by Gasteiger charge is 2.39. The molecule has 2 amide bonds. The maximum absolute atomic E-state index is 13.0. The topological polar surface area (TPSA) is 114 Å². The van der Waals surface area contributed by atoms with Crippen LogP contribution in [0.2, 0.25) is 0 Å². The van der Waals surface area contributed by atoms with Crippen molar-refractivity contribution in [3.05, 3.63) is 23.8 Å². The van der Waals surface area contributed by atoms with Gasteiger partial charge in [-0.05, 0) is 31.0 Å². The second-order valence-electron chi connectivity index (χ2n) is 6.96. The van der Waals surface area contributed by atoms with Gasteiger partial charge in [0.1, 0.15) is 25.1 Å². The van der Waals surface area contributed by atoms with Crippen molar-refractivity contribution in [2.45, 2.75) is 37.5 Å². The third kappa shape index (κ3) is 4.42. The van der Waals surface area contributed by atoms with E-state index in [2.05, 4.69) is 5.32 Å². The average Bonchev–Trinajstić information content (AvgIpc) is 2.65. The fourth-order valence-corrected chi connectivity index (χ4v) is 3.63. The molecule has 0 saturated carbocycles. The molecule has 0 unspecified atom stereocenters. The summed E-state index contributed by atoms with van der Waals surface area (Å²) in [4.78, 5) is 37.3. The van der Waals surface area contributed by atoms with Gasteiger partial charge in [0.15, 0.2) is 0 Å². The number of carbonyl (C=O) groups is 3. The predicted molar refractivity (Wildman–Crippen MR) is 98.5 cm³/mol. The lowest BCUT2D eigenvalue weighted by atomic mass is 9.94. The van der Waals surface area contributed by atoms with Crippen LogP contribution in [-0.2, 0) is 19.1 Å². The van der Waals surface area contributed by atoms with Crippen LogP contribution in [0.5, 0.6) is 5.75 Å². The molecule has 1 saturated heterocycles. The largest absolute Gasteiger partial charge is 0.490 e. The lowest BCUT2D eigenvalue weighted by Gasteiger charge is -2.42. The first-order chi connectivity index (χ1) is 13.4. The molecule has 9 nitrogen and oxygen atoms in total. The Morgan fingerprint density at radius 3 is 2.86 bits per heavy atom. The Morgan fingerprint density at radius 2 is 2.14 bits per heavy atom. The Balaban J connectivity index is 1.80. The van der Waals surface area contributed by atoms with Gasteiger partial charge in [-0.25, -0.2) is 0 Å². The first kappa shape index (κ1) is 20.1. The van der Waals surface area contributed by atoms with Crippen LogP contribution in [0.3, 0.4) is 0 Å². The number of anilines is 1. The van der Waals surface area contributed by atoms with E-state index < -0.39 is 12.1 Å². The molecule has 1 aromatic carbocycles. The molecule has 0 bridgehead atoms. The number of amides is 2. The molecule has 28 heavy (non-hydrogen) atoms. The minimum absolute atomic E-state index is 0.0675. The van der Waals surface area contributed by atoms with Crippen molar-refractivity contribution in [2.75, 3.05) is 32.7 Å². The number of rotatable bonds is 5. The van der Waals surface area contributed by atoms with Crippen LogP contribution < -0.4 is 10.1 Å². The van der Waals surface area contributed by atoms with Crippen molar-refractivity contribution in [1.82, 2.24) is 4.90 Å². The number of carbonyl (C=O) groups excluding carboxylic acids is 2. The first-order valence-corrected chi connectivity index (χ1v) is 9.09. The number of aliphatic carboxylic acids is 1. The Labute approximate surface area is 162 Å². The molecule has 1 aromatic rings. The van der Waals surface area contributed by atoms with Gasteiger partial charge in [-0.3, -0.25) is 14.4 Å². The van der Waals surface area contributed by atoms with E-state index >= 15 is 0 Å². The number of carboxylic acids is 1. The monoisotopic (exact) mass is 392 g/mol. The van der Waals surface area contributed by atoms with E-state index in [0.717, 1.165) is 0 Å². The predicted octanol–water partition coefficient (Wildman–Crippen LogP) is 1.13. The number of nitrogens with zero attached hydrogens (tertiary/aromatic N) is 1. The summed E-state index contributed by atoms with van der Waals surface area (Å²) in [5, 5.41) is 11.7. The molecular formula is C19H24N2O7. The van der Waals surface area contributed by atoms with E-state index in [-0.39, 0.29) is 43.6 Å². The van der Waals surface area contributed by atoms with Crippen LogP contribution in [0.15, 0.2) is 18.2 Å². The number of hydrogen-bond donors (Lipinski definition) is 2. The number of nitrogens with one attached hydrogen (secondary N) is 1. The summed E-state index contributed by atoms with van der Waals surface area (Å²) in [5.74, 6) is -1.08. The van der Waals surface area contributed by atoms with Crippen LogP contribution in [0.1, 0.15) is 29.6 Å². The molecule has 0 spiro atoms. The van der Waals surface area contributed by atoms with Crippen molar-refractivity contribution in [2.24, 2.45) is 0 Å². The molecule has 2 aliphatic rings. The van der Waals surface area contributed by atoms with E-state index in [0.29, 0.717) is 29.8 Å². The van der Waals surface area contributed by atoms with Gasteiger partial charge in [0.25, 0.3) is 5.91 Å². The zero-order valence-corrected chi connectivity index (χ0v) is 15.8. The molecule has 0 radical (unpaired) electrons. The standard InChI is InChI=1S/C19H24N2O7/c1-21-14-5-4-12(8-18(23)24)28-16(14)9-27-15-6-3-11(7-13(15)19(21)25)20-17(22)10-26-2/h3,6-7,12,14,16H,4-5,8-10H2,1-2H3,(H,20,22)(H,23,24)/t12-,14-,16+/m1/s1. The molecule has 3 rings (SSSR count). The van der Waals surface area contributed by atoms with Gasteiger partial charge in [-0.1, -0.05) is 0 Å². The second-order valence-corrected chi connectivity index (χ2v) is 6.96. The minimum atomic E-state index is -0.909. The molecule has 2 N–H and O–H groups in total. The summed E-state index contributed by atoms with van der Waals surface area (Å²) >= 11 is 0. The highest BCUT2D eigenvalue weighted by atomic mass is 16.5. The second kappa shape index (κ2) is 8.57. The molecule has 152 valence electrons. The average molecular weight is 392 g/mol. The van der Waals surface area contributed by atoms with Crippen molar-refractivity contribution in [1.29, 1.82) is 0 Å². The molecule has 2 heterocycles. The highest BCUT2D eigenvalue weighted by Crippen LogP contribution is 2.32. The van der Waals surface area contributed by atoms with E-state index in [1.165, 1.54) is 7.11 Å². The number of carboxylic acid groups (broad SMARTS) is 1. The highest BCUT2D eigenvalue weighted by molar-refractivity contribution is 6.00. The molecule has 2 aliphatic heterocycles. The third-order valence-electron chi connectivity index (χ3n) is 4.97. The number of fused-ring (bicyclic) bond motifs is 2. The fourth-order valence-electron chi connectivity index (χ4n) is 3.63. The number of likely N-dealkylation sites (N-methyl/N-ethyl adjacent to an activating group) is 1. The van der Waals surface area contributed by atoms with Crippen LogP contribution in [0, 0.1) is 0 Å². The van der Waals surface area contributed by atoms with Gasteiger partial charge in [0.05, 0.1) is 24.1 Å². The summed E-state index contributed by atoms with van der Waals surface area (Å²) in [7, 11) is 3.13. The molecular weight excluding hydrogens is 368 g/mol. The van der Waals surface area contributed by atoms with Crippen LogP contribution >= 0.6 is 0 Å². The van der Waals surface area contributed by atoms with Gasteiger partial charge >= 0.3 is 5.97 Å². The fraction of sp³-hybridized carbons (Fsp3) is 0.526.